The summed E-state index contributed by atoms with van der Waals surface area (Å²) in [5.41, 5.74) is 3.30. The summed E-state index contributed by atoms with van der Waals surface area (Å²) in [5, 5.41) is 18.6. The molecule has 0 radical (unpaired) electrons. The first-order valence-electron chi connectivity index (χ1n) is 8.60. The Labute approximate surface area is 151 Å². The summed E-state index contributed by atoms with van der Waals surface area (Å²) in [4.78, 5) is 25.8. The lowest BCUT2D eigenvalue weighted by Crippen LogP contribution is -2.36. The van der Waals surface area contributed by atoms with E-state index in [1.807, 2.05) is 30.3 Å². The maximum atomic E-state index is 12.4. The molecule has 1 saturated heterocycles. The van der Waals surface area contributed by atoms with Gasteiger partial charge < -0.3 is 21.1 Å². The Bertz CT molecular complexity index is 854. The first kappa shape index (κ1) is 16.4. The van der Waals surface area contributed by atoms with E-state index in [0.29, 0.717) is 25.2 Å². The van der Waals surface area contributed by atoms with Crippen molar-refractivity contribution in [3.63, 3.8) is 0 Å². The highest BCUT2D eigenvalue weighted by Gasteiger charge is 2.31. The third-order valence-corrected chi connectivity index (χ3v) is 4.76. The molecule has 2 atom stereocenters. The monoisotopic (exact) mass is 352 g/mol. The van der Waals surface area contributed by atoms with Gasteiger partial charge in [0.05, 0.1) is 12.1 Å². The molecule has 4 amide bonds. The molecule has 2 aromatic carbocycles. The number of rotatable bonds is 3. The van der Waals surface area contributed by atoms with Crippen molar-refractivity contribution in [1.82, 2.24) is 10.6 Å². The minimum absolute atomic E-state index is 0.141. The zero-order valence-electron chi connectivity index (χ0n) is 14.1. The first-order chi connectivity index (χ1) is 12.6. The topological polar surface area (TPSA) is 93.7 Å². The molecule has 0 saturated carbocycles. The molecule has 0 spiro atoms. The van der Waals surface area contributed by atoms with E-state index in [1.54, 1.807) is 23.1 Å². The van der Waals surface area contributed by atoms with Crippen LogP contribution in [0.15, 0.2) is 48.5 Å². The van der Waals surface area contributed by atoms with Crippen LogP contribution < -0.4 is 20.9 Å². The van der Waals surface area contributed by atoms with Crippen LogP contribution in [0.2, 0.25) is 0 Å². The standard InChI is InChI=1S/C19H20N4O3/c24-16-10-12-4-1-2-7-15(12)17(16)22-18(25)21-13-5-3-6-14(11-13)23-9-8-20-19(23)26/h1-7,11,16-17,24H,8-10H2,(H,20,26)(H2,21,22,25)/t16-,17+/m0/s1. The summed E-state index contributed by atoms with van der Waals surface area (Å²) in [6.07, 6.45) is -0.112. The fraction of sp³-hybridized carbons (Fsp3) is 0.263. The second-order valence-electron chi connectivity index (χ2n) is 6.48. The number of anilines is 2. The number of aliphatic hydroxyl groups is 1. The molecule has 1 fully saturated rings. The molecule has 26 heavy (non-hydrogen) atoms. The van der Waals surface area contributed by atoms with Crippen molar-refractivity contribution in [1.29, 1.82) is 0 Å². The van der Waals surface area contributed by atoms with Gasteiger partial charge in [-0.05, 0) is 29.3 Å². The van der Waals surface area contributed by atoms with Crippen LogP contribution in [0.4, 0.5) is 21.0 Å². The van der Waals surface area contributed by atoms with Crippen molar-refractivity contribution in [2.45, 2.75) is 18.6 Å². The van der Waals surface area contributed by atoms with Gasteiger partial charge in [0, 0.05) is 30.9 Å². The predicted octanol–water partition coefficient (Wildman–Crippen LogP) is 2.00. The molecule has 1 aliphatic carbocycles. The third-order valence-electron chi connectivity index (χ3n) is 4.76. The maximum absolute atomic E-state index is 12.4. The van der Waals surface area contributed by atoms with E-state index < -0.39 is 18.2 Å². The number of nitrogens with zero attached hydrogens (tertiary/aromatic N) is 1. The van der Waals surface area contributed by atoms with E-state index in [0.717, 1.165) is 16.8 Å². The largest absolute Gasteiger partial charge is 0.390 e. The van der Waals surface area contributed by atoms with Gasteiger partial charge in [-0.2, -0.15) is 0 Å². The van der Waals surface area contributed by atoms with Crippen LogP contribution in [0, 0.1) is 0 Å². The number of urea groups is 2. The van der Waals surface area contributed by atoms with Crippen LogP contribution in [-0.4, -0.2) is 36.4 Å². The lowest BCUT2D eigenvalue weighted by Gasteiger charge is -2.19. The van der Waals surface area contributed by atoms with Crippen LogP contribution in [-0.2, 0) is 6.42 Å². The fourth-order valence-corrected chi connectivity index (χ4v) is 3.53. The van der Waals surface area contributed by atoms with E-state index in [4.69, 9.17) is 0 Å². The molecule has 2 aromatic rings. The van der Waals surface area contributed by atoms with Crippen LogP contribution in [0.3, 0.4) is 0 Å². The molecule has 7 nitrogen and oxygen atoms in total. The van der Waals surface area contributed by atoms with Crippen LogP contribution in [0.1, 0.15) is 17.2 Å². The average Bonchev–Trinajstić information content (AvgIpc) is 3.19. The molecule has 1 aliphatic heterocycles. The number of fused-ring (bicyclic) bond motifs is 1. The molecule has 1 heterocycles. The summed E-state index contributed by atoms with van der Waals surface area (Å²) < 4.78 is 0. The van der Waals surface area contributed by atoms with Gasteiger partial charge in [0.15, 0.2) is 0 Å². The quantitative estimate of drug-likeness (QED) is 0.681. The Kier molecular flexibility index (Phi) is 4.22. The molecule has 0 unspecified atom stereocenters. The van der Waals surface area contributed by atoms with Gasteiger partial charge >= 0.3 is 12.1 Å². The summed E-state index contributed by atoms with van der Waals surface area (Å²) in [6, 6.07) is 13.9. The molecular formula is C19H20N4O3. The number of carbonyl (C=O) groups is 2. The van der Waals surface area contributed by atoms with Gasteiger partial charge in [0.25, 0.3) is 0 Å². The first-order valence-corrected chi connectivity index (χ1v) is 8.60. The molecule has 4 rings (SSSR count). The zero-order valence-corrected chi connectivity index (χ0v) is 14.1. The molecule has 2 aliphatic rings. The SMILES string of the molecule is O=C(Nc1cccc(N2CCNC2=O)c1)N[C@@H]1c2ccccc2C[C@@H]1O. The minimum Gasteiger partial charge on any atom is -0.390 e. The molecule has 0 bridgehead atoms. The van der Waals surface area contributed by atoms with Crippen molar-refractivity contribution >= 4 is 23.4 Å². The predicted molar refractivity (Wildman–Crippen MR) is 98.2 cm³/mol. The summed E-state index contributed by atoms with van der Waals surface area (Å²) in [6.45, 7) is 1.20. The van der Waals surface area contributed by atoms with Crippen LogP contribution in [0.5, 0.6) is 0 Å². The van der Waals surface area contributed by atoms with E-state index in [9.17, 15) is 14.7 Å². The van der Waals surface area contributed by atoms with Gasteiger partial charge in [-0.1, -0.05) is 30.3 Å². The van der Waals surface area contributed by atoms with Crippen molar-refractivity contribution in [2.24, 2.45) is 0 Å². The lowest BCUT2D eigenvalue weighted by atomic mass is 10.1. The van der Waals surface area contributed by atoms with E-state index in [1.165, 1.54) is 0 Å². The summed E-state index contributed by atoms with van der Waals surface area (Å²) in [5.74, 6) is 0. The Morgan fingerprint density at radius 3 is 2.85 bits per heavy atom. The third kappa shape index (κ3) is 3.09. The van der Waals surface area contributed by atoms with E-state index >= 15 is 0 Å². The van der Waals surface area contributed by atoms with Crippen molar-refractivity contribution in [2.75, 3.05) is 23.3 Å². The fourth-order valence-electron chi connectivity index (χ4n) is 3.53. The Morgan fingerprint density at radius 1 is 1.19 bits per heavy atom. The summed E-state index contributed by atoms with van der Waals surface area (Å²) in [7, 11) is 0. The van der Waals surface area contributed by atoms with E-state index in [-0.39, 0.29) is 6.03 Å². The smallest absolute Gasteiger partial charge is 0.321 e. The number of benzene rings is 2. The molecule has 4 N–H and O–H groups in total. The van der Waals surface area contributed by atoms with Crippen molar-refractivity contribution in [3.05, 3.63) is 59.7 Å². The van der Waals surface area contributed by atoms with Gasteiger partial charge in [0.1, 0.15) is 0 Å². The van der Waals surface area contributed by atoms with Crippen molar-refractivity contribution in [3.8, 4) is 0 Å². The van der Waals surface area contributed by atoms with E-state index in [2.05, 4.69) is 16.0 Å². The normalized spacial score (nSPS) is 21.3. The van der Waals surface area contributed by atoms with Gasteiger partial charge in [0.2, 0.25) is 0 Å². The minimum atomic E-state index is -0.641. The Balaban J connectivity index is 1.45. The summed E-state index contributed by atoms with van der Waals surface area (Å²) >= 11 is 0. The van der Waals surface area contributed by atoms with Gasteiger partial charge in [-0.25, -0.2) is 9.59 Å². The number of carbonyl (C=O) groups excluding carboxylic acids is 2. The Morgan fingerprint density at radius 2 is 2.04 bits per heavy atom. The highest BCUT2D eigenvalue weighted by Crippen LogP contribution is 2.31. The van der Waals surface area contributed by atoms with Crippen LogP contribution >= 0.6 is 0 Å². The van der Waals surface area contributed by atoms with Gasteiger partial charge in [-0.15, -0.1) is 0 Å². The second-order valence-corrected chi connectivity index (χ2v) is 6.48. The number of hydrogen-bond acceptors (Lipinski definition) is 3. The average molecular weight is 352 g/mol. The highest BCUT2D eigenvalue weighted by molar-refractivity contribution is 5.95. The Hall–Kier alpha value is -3.06. The van der Waals surface area contributed by atoms with Crippen LogP contribution in [0.25, 0.3) is 0 Å². The molecule has 7 heteroatoms. The lowest BCUT2D eigenvalue weighted by molar-refractivity contribution is 0.144. The van der Waals surface area contributed by atoms with Crippen molar-refractivity contribution < 1.29 is 14.7 Å². The molecule has 0 aromatic heterocycles. The zero-order chi connectivity index (χ0) is 18.1. The van der Waals surface area contributed by atoms with Gasteiger partial charge in [-0.3, -0.25) is 4.90 Å². The number of aliphatic hydroxyl groups excluding tert-OH is 1. The number of amides is 4. The second kappa shape index (κ2) is 6.68. The number of hydrogen-bond donors (Lipinski definition) is 4. The number of nitrogens with one attached hydrogen (secondary N) is 3. The highest BCUT2D eigenvalue weighted by atomic mass is 16.3. The molecular weight excluding hydrogens is 332 g/mol. The maximum Gasteiger partial charge on any atom is 0.321 e. The molecule has 134 valence electrons.